The number of halogens is 2. The summed E-state index contributed by atoms with van der Waals surface area (Å²) in [7, 11) is 0. The molecule has 104 valence electrons. The van der Waals surface area contributed by atoms with Crippen molar-refractivity contribution in [2.24, 2.45) is 0 Å². The number of hydrogen-bond donors (Lipinski definition) is 1. The fourth-order valence-corrected chi connectivity index (χ4v) is 2.98. The molecule has 1 aromatic heterocycles. The van der Waals surface area contributed by atoms with Gasteiger partial charge >= 0.3 is 0 Å². The fourth-order valence-electron chi connectivity index (χ4n) is 2.39. The molecule has 0 bridgehead atoms. The molecule has 2 aromatic rings. The number of benzene rings is 1. The van der Waals surface area contributed by atoms with E-state index in [2.05, 4.69) is 21.2 Å². The van der Waals surface area contributed by atoms with Gasteiger partial charge in [0.05, 0.1) is 11.1 Å². The first-order valence-corrected chi connectivity index (χ1v) is 7.27. The molecule has 0 saturated heterocycles. The molecule has 1 amide bonds. The zero-order valence-electron chi connectivity index (χ0n) is 10.9. The van der Waals surface area contributed by atoms with Crippen LogP contribution in [0.3, 0.4) is 0 Å². The van der Waals surface area contributed by atoms with Gasteiger partial charge in [-0.25, -0.2) is 4.39 Å². The third-order valence-electron chi connectivity index (χ3n) is 3.43. The molecule has 1 N–H and O–H groups in total. The number of rotatable bonds is 2. The molecule has 3 rings (SSSR count). The van der Waals surface area contributed by atoms with Gasteiger partial charge < -0.3 is 9.73 Å². The molecule has 0 fully saturated rings. The first-order valence-electron chi connectivity index (χ1n) is 6.36. The van der Waals surface area contributed by atoms with Crippen LogP contribution in [0.25, 0.3) is 0 Å². The van der Waals surface area contributed by atoms with E-state index in [1.165, 1.54) is 6.07 Å². The zero-order valence-corrected chi connectivity index (χ0v) is 12.5. The maximum atomic E-state index is 14.2. The average molecular weight is 338 g/mol. The summed E-state index contributed by atoms with van der Waals surface area (Å²) in [4.78, 5) is 11.1. The lowest BCUT2D eigenvalue weighted by atomic mass is 9.97. The average Bonchev–Trinajstić information content (AvgIpc) is 2.84. The summed E-state index contributed by atoms with van der Waals surface area (Å²) in [6, 6.07) is 5.08. The summed E-state index contributed by atoms with van der Waals surface area (Å²) in [6.45, 7) is 1.85. The molecule has 1 unspecified atom stereocenters. The smallest absolute Gasteiger partial charge is 0.224 e. The van der Waals surface area contributed by atoms with Crippen molar-refractivity contribution in [2.45, 2.75) is 24.6 Å². The summed E-state index contributed by atoms with van der Waals surface area (Å²) < 4.78 is 19.5. The predicted octanol–water partition coefficient (Wildman–Crippen LogP) is 4.10. The molecular weight excluding hydrogens is 325 g/mol. The second-order valence-electron chi connectivity index (χ2n) is 4.93. The molecule has 0 saturated carbocycles. The van der Waals surface area contributed by atoms with E-state index in [-0.39, 0.29) is 16.6 Å². The molecule has 2 heterocycles. The summed E-state index contributed by atoms with van der Waals surface area (Å²) >= 11 is 3.51. The van der Waals surface area contributed by atoms with Crippen molar-refractivity contribution in [1.82, 2.24) is 0 Å². The number of alkyl halides is 1. The van der Waals surface area contributed by atoms with E-state index in [9.17, 15) is 9.18 Å². The normalized spacial score (nSPS) is 15.7. The molecule has 1 atom stereocenters. The Labute approximate surface area is 124 Å². The van der Waals surface area contributed by atoms with Gasteiger partial charge in [-0.2, -0.15) is 0 Å². The largest absolute Gasteiger partial charge is 0.469 e. The minimum absolute atomic E-state index is 0.0644. The first kappa shape index (κ1) is 13.4. The van der Waals surface area contributed by atoms with Crippen LogP contribution in [0.1, 0.15) is 33.7 Å². The Morgan fingerprint density at radius 2 is 2.15 bits per heavy atom. The third-order valence-corrected chi connectivity index (χ3v) is 4.46. The molecule has 3 nitrogen and oxygen atoms in total. The van der Waals surface area contributed by atoms with Gasteiger partial charge in [-0.3, -0.25) is 4.79 Å². The highest BCUT2D eigenvalue weighted by atomic mass is 79.9. The predicted molar refractivity (Wildman–Crippen MR) is 77.6 cm³/mol. The topological polar surface area (TPSA) is 42.2 Å². The standard InChI is InChI=1S/C15H13BrFNO2/c1-8-4-10(7-20-8)15(16)11-5-9-2-3-14(19)18-13(9)6-12(11)17/h4-7,15H,2-3H2,1H3,(H,18,19). The molecule has 0 aliphatic carbocycles. The summed E-state index contributed by atoms with van der Waals surface area (Å²) in [5.74, 6) is 0.382. The second kappa shape index (κ2) is 5.05. The van der Waals surface area contributed by atoms with E-state index in [1.54, 1.807) is 6.26 Å². The Kier molecular flexibility index (Phi) is 3.38. The van der Waals surface area contributed by atoms with Gasteiger partial charge in [0.25, 0.3) is 0 Å². The van der Waals surface area contributed by atoms with Gasteiger partial charge in [0.1, 0.15) is 11.6 Å². The highest BCUT2D eigenvalue weighted by Gasteiger charge is 2.22. The SMILES string of the molecule is Cc1cc(C(Br)c2cc3c(cc2F)NC(=O)CC3)co1. The molecule has 1 aromatic carbocycles. The number of carbonyl (C=O) groups is 1. The van der Waals surface area contributed by atoms with Gasteiger partial charge in [-0.15, -0.1) is 0 Å². The number of nitrogens with one attached hydrogen (secondary N) is 1. The van der Waals surface area contributed by atoms with E-state index in [0.717, 1.165) is 16.9 Å². The van der Waals surface area contributed by atoms with Crippen molar-refractivity contribution in [1.29, 1.82) is 0 Å². The number of aryl methyl sites for hydroxylation is 2. The number of anilines is 1. The number of carbonyl (C=O) groups excluding carboxylic acids is 1. The first-order chi connectivity index (χ1) is 9.54. The Morgan fingerprint density at radius 1 is 1.35 bits per heavy atom. The van der Waals surface area contributed by atoms with Crippen LogP contribution < -0.4 is 5.32 Å². The van der Waals surface area contributed by atoms with Crippen LogP contribution >= 0.6 is 15.9 Å². The van der Waals surface area contributed by atoms with Crippen molar-refractivity contribution in [3.05, 3.63) is 52.7 Å². The van der Waals surface area contributed by atoms with Crippen molar-refractivity contribution in [2.75, 3.05) is 5.32 Å². The Morgan fingerprint density at radius 3 is 2.85 bits per heavy atom. The van der Waals surface area contributed by atoms with Crippen LogP contribution in [0, 0.1) is 12.7 Å². The molecular formula is C15H13BrFNO2. The van der Waals surface area contributed by atoms with Crippen molar-refractivity contribution < 1.29 is 13.6 Å². The highest BCUT2D eigenvalue weighted by molar-refractivity contribution is 9.09. The van der Waals surface area contributed by atoms with Crippen LogP contribution in [-0.2, 0) is 11.2 Å². The Hall–Kier alpha value is -1.62. The van der Waals surface area contributed by atoms with Gasteiger partial charge in [0.15, 0.2) is 0 Å². The van der Waals surface area contributed by atoms with Crippen molar-refractivity contribution >= 4 is 27.5 Å². The van der Waals surface area contributed by atoms with Crippen LogP contribution in [0.4, 0.5) is 10.1 Å². The van der Waals surface area contributed by atoms with E-state index in [4.69, 9.17) is 4.42 Å². The monoisotopic (exact) mass is 337 g/mol. The van der Waals surface area contributed by atoms with Crippen LogP contribution in [0.2, 0.25) is 0 Å². The summed E-state index contributed by atoms with van der Waals surface area (Å²) in [5.41, 5.74) is 2.97. The maximum absolute atomic E-state index is 14.2. The minimum atomic E-state index is -0.341. The molecule has 5 heteroatoms. The second-order valence-corrected chi connectivity index (χ2v) is 5.85. The molecule has 0 radical (unpaired) electrons. The Balaban J connectivity index is 2.00. The number of amides is 1. The van der Waals surface area contributed by atoms with E-state index < -0.39 is 0 Å². The fraction of sp³-hybridized carbons (Fsp3) is 0.267. The highest BCUT2D eigenvalue weighted by Crippen LogP contribution is 2.36. The lowest BCUT2D eigenvalue weighted by molar-refractivity contribution is -0.116. The van der Waals surface area contributed by atoms with Crippen LogP contribution in [-0.4, -0.2) is 5.91 Å². The molecule has 1 aliphatic rings. The zero-order chi connectivity index (χ0) is 14.3. The van der Waals surface area contributed by atoms with E-state index in [1.807, 2.05) is 19.1 Å². The molecule has 1 aliphatic heterocycles. The molecule has 20 heavy (non-hydrogen) atoms. The van der Waals surface area contributed by atoms with Gasteiger partial charge in [0, 0.05) is 23.2 Å². The van der Waals surface area contributed by atoms with Gasteiger partial charge in [-0.05, 0) is 37.1 Å². The summed E-state index contributed by atoms with van der Waals surface area (Å²) in [6.07, 6.45) is 2.70. The quantitative estimate of drug-likeness (QED) is 0.838. The van der Waals surface area contributed by atoms with Crippen LogP contribution in [0.5, 0.6) is 0 Å². The number of fused-ring (bicyclic) bond motifs is 1. The lowest BCUT2D eigenvalue weighted by Crippen LogP contribution is -2.19. The maximum Gasteiger partial charge on any atom is 0.224 e. The van der Waals surface area contributed by atoms with Crippen LogP contribution in [0.15, 0.2) is 28.9 Å². The summed E-state index contributed by atoms with van der Waals surface area (Å²) in [5, 5.41) is 2.70. The minimum Gasteiger partial charge on any atom is -0.469 e. The van der Waals surface area contributed by atoms with Gasteiger partial charge in [-0.1, -0.05) is 15.9 Å². The number of furan rings is 1. The van der Waals surface area contributed by atoms with Crippen molar-refractivity contribution in [3.63, 3.8) is 0 Å². The lowest BCUT2D eigenvalue weighted by Gasteiger charge is -2.19. The Bertz CT molecular complexity index is 681. The number of hydrogen-bond acceptors (Lipinski definition) is 2. The van der Waals surface area contributed by atoms with E-state index in [0.29, 0.717) is 24.1 Å². The van der Waals surface area contributed by atoms with E-state index >= 15 is 0 Å². The van der Waals surface area contributed by atoms with Gasteiger partial charge in [0.2, 0.25) is 5.91 Å². The van der Waals surface area contributed by atoms with Crippen molar-refractivity contribution in [3.8, 4) is 0 Å². The third kappa shape index (κ3) is 2.38. The molecule has 0 spiro atoms.